The Hall–Kier alpha value is -0.960. The topological polar surface area (TPSA) is 47.3 Å². The summed E-state index contributed by atoms with van der Waals surface area (Å²) in [5.41, 5.74) is 5.33. The van der Waals surface area contributed by atoms with E-state index in [1.807, 2.05) is 6.92 Å². The van der Waals surface area contributed by atoms with Crippen LogP contribution in [0.5, 0.6) is 0 Å². The molecule has 0 heterocycles. The van der Waals surface area contributed by atoms with Crippen LogP contribution in [-0.2, 0) is 4.74 Å². The molecule has 0 rings (SSSR count). The molecule has 0 amide bonds. The van der Waals surface area contributed by atoms with Gasteiger partial charge in [-0.25, -0.2) is 0 Å². The van der Waals surface area contributed by atoms with Gasteiger partial charge in [-0.2, -0.15) is 0 Å². The Kier molecular flexibility index (Phi) is 7.82. The Balaban J connectivity index is 3.90. The fourth-order valence-electron chi connectivity index (χ4n) is 1.06. The maximum atomic E-state index is 5.60. The summed E-state index contributed by atoms with van der Waals surface area (Å²) < 4.78 is 5.60. The monoisotopic (exact) mass is 212 g/mol. The van der Waals surface area contributed by atoms with Gasteiger partial charge in [-0.15, -0.1) is 0 Å². The van der Waals surface area contributed by atoms with E-state index in [1.165, 1.54) is 0 Å². The SMILES string of the molecule is C=C(CCC(C)C)O/C(=C/NCN)CC. The van der Waals surface area contributed by atoms with Crippen LogP contribution >= 0.6 is 0 Å². The van der Waals surface area contributed by atoms with Crippen molar-refractivity contribution < 1.29 is 4.74 Å². The van der Waals surface area contributed by atoms with Gasteiger partial charge in [0.25, 0.3) is 0 Å². The summed E-state index contributed by atoms with van der Waals surface area (Å²) in [5, 5.41) is 2.92. The van der Waals surface area contributed by atoms with Gasteiger partial charge < -0.3 is 15.8 Å². The number of ether oxygens (including phenoxy) is 1. The highest BCUT2D eigenvalue weighted by Crippen LogP contribution is 2.15. The van der Waals surface area contributed by atoms with E-state index in [0.29, 0.717) is 12.6 Å². The molecule has 0 radical (unpaired) electrons. The molecule has 0 aromatic rings. The number of allylic oxidation sites excluding steroid dienone is 2. The molecule has 0 saturated carbocycles. The average Bonchev–Trinajstić information content (AvgIpc) is 2.21. The zero-order chi connectivity index (χ0) is 11.7. The van der Waals surface area contributed by atoms with Crippen molar-refractivity contribution in [3.8, 4) is 0 Å². The molecule has 3 N–H and O–H groups in total. The smallest absolute Gasteiger partial charge is 0.119 e. The lowest BCUT2D eigenvalue weighted by Crippen LogP contribution is -2.16. The maximum Gasteiger partial charge on any atom is 0.119 e. The first-order valence-corrected chi connectivity index (χ1v) is 5.58. The summed E-state index contributed by atoms with van der Waals surface area (Å²) in [4.78, 5) is 0. The standard InChI is InChI=1S/C12H24N2O/c1-5-12(8-14-9-13)15-11(4)7-6-10(2)3/h8,10,14H,4-7,9,13H2,1-3H3/b12-8+. The molecule has 88 valence electrons. The molecule has 0 aliphatic carbocycles. The first-order valence-electron chi connectivity index (χ1n) is 5.58. The van der Waals surface area contributed by atoms with Crippen LogP contribution in [0.15, 0.2) is 24.3 Å². The minimum absolute atomic E-state index is 0.422. The minimum Gasteiger partial charge on any atom is -0.465 e. The van der Waals surface area contributed by atoms with Gasteiger partial charge in [-0.3, -0.25) is 0 Å². The van der Waals surface area contributed by atoms with Crippen LogP contribution in [-0.4, -0.2) is 6.67 Å². The number of hydrogen-bond donors (Lipinski definition) is 2. The van der Waals surface area contributed by atoms with E-state index in [0.717, 1.165) is 30.8 Å². The van der Waals surface area contributed by atoms with Gasteiger partial charge in [0.05, 0.1) is 12.4 Å². The lowest BCUT2D eigenvalue weighted by Gasteiger charge is -2.12. The van der Waals surface area contributed by atoms with Crippen molar-refractivity contribution >= 4 is 0 Å². The van der Waals surface area contributed by atoms with E-state index < -0.39 is 0 Å². The molecular formula is C12H24N2O. The van der Waals surface area contributed by atoms with Crippen molar-refractivity contribution in [2.24, 2.45) is 11.7 Å². The van der Waals surface area contributed by atoms with Gasteiger partial charge in [-0.05, 0) is 12.3 Å². The van der Waals surface area contributed by atoms with E-state index >= 15 is 0 Å². The third-order valence-electron chi connectivity index (χ3n) is 2.01. The Morgan fingerprint density at radius 1 is 1.53 bits per heavy atom. The van der Waals surface area contributed by atoms with Crippen LogP contribution in [0.2, 0.25) is 0 Å². The fraction of sp³-hybridized carbons (Fsp3) is 0.667. The molecule has 0 spiro atoms. The van der Waals surface area contributed by atoms with Crippen molar-refractivity contribution in [1.29, 1.82) is 0 Å². The molecular weight excluding hydrogens is 188 g/mol. The lowest BCUT2D eigenvalue weighted by atomic mass is 10.1. The highest BCUT2D eigenvalue weighted by Gasteiger charge is 2.01. The second kappa shape index (κ2) is 8.36. The molecule has 0 fully saturated rings. The number of nitrogens with one attached hydrogen (secondary N) is 1. The fourth-order valence-corrected chi connectivity index (χ4v) is 1.06. The van der Waals surface area contributed by atoms with Gasteiger partial charge in [-0.1, -0.05) is 27.4 Å². The molecule has 0 bridgehead atoms. The molecule has 3 heteroatoms. The van der Waals surface area contributed by atoms with Crippen LogP contribution in [0.3, 0.4) is 0 Å². The van der Waals surface area contributed by atoms with Gasteiger partial charge in [0.15, 0.2) is 0 Å². The first-order chi connectivity index (χ1) is 7.10. The third kappa shape index (κ3) is 8.06. The van der Waals surface area contributed by atoms with E-state index in [9.17, 15) is 0 Å². The lowest BCUT2D eigenvalue weighted by molar-refractivity contribution is 0.273. The summed E-state index contributed by atoms with van der Waals surface area (Å²) in [7, 11) is 0. The Morgan fingerprint density at radius 3 is 2.67 bits per heavy atom. The molecule has 3 nitrogen and oxygen atoms in total. The second-order valence-corrected chi connectivity index (χ2v) is 3.95. The van der Waals surface area contributed by atoms with Crippen molar-refractivity contribution in [2.75, 3.05) is 6.67 Å². The van der Waals surface area contributed by atoms with Crippen molar-refractivity contribution in [2.45, 2.75) is 40.0 Å². The van der Waals surface area contributed by atoms with Crippen LogP contribution in [0.25, 0.3) is 0 Å². The minimum atomic E-state index is 0.422. The Morgan fingerprint density at radius 2 is 2.20 bits per heavy atom. The van der Waals surface area contributed by atoms with E-state index in [-0.39, 0.29) is 0 Å². The summed E-state index contributed by atoms with van der Waals surface area (Å²) in [5.74, 6) is 2.39. The summed E-state index contributed by atoms with van der Waals surface area (Å²) in [6.45, 7) is 10.8. The number of nitrogens with two attached hydrogens (primary N) is 1. The van der Waals surface area contributed by atoms with E-state index in [4.69, 9.17) is 10.5 Å². The van der Waals surface area contributed by atoms with Gasteiger partial charge in [0.1, 0.15) is 5.76 Å². The van der Waals surface area contributed by atoms with Crippen LogP contribution < -0.4 is 11.1 Å². The predicted octanol–water partition coefficient (Wildman–Crippen LogP) is 2.71. The van der Waals surface area contributed by atoms with Crippen LogP contribution in [0, 0.1) is 5.92 Å². The van der Waals surface area contributed by atoms with Crippen LogP contribution in [0.4, 0.5) is 0 Å². The van der Waals surface area contributed by atoms with E-state index in [2.05, 4.69) is 25.7 Å². The van der Waals surface area contributed by atoms with Gasteiger partial charge >= 0.3 is 0 Å². The van der Waals surface area contributed by atoms with Crippen molar-refractivity contribution in [3.05, 3.63) is 24.3 Å². The average molecular weight is 212 g/mol. The molecule has 0 aliphatic heterocycles. The zero-order valence-corrected chi connectivity index (χ0v) is 10.2. The molecule has 0 saturated heterocycles. The third-order valence-corrected chi connectivity index (χ3v) is 2.01. The first kappa shape index (κ1) is 14.0. The summed E-state index contributed by atoms with van der Waals surface area (Å²) in [6.07, 6.45) is 4.67. The molecule has 0 aliphatic rings. The normalized spacial score (nSPS) is 11.7. The molecule has 0 atom stereocenters. The highest BCUT2D eigenvalue weighted by atomic mass is 16.5. The maximum absolute atomic E-state index is 5.60. The van der Waals surface area contributed by atoms with Gasteiger partial charge in [0.2, 0.25) is 0 Å². The number of hydrogen-bond acceptors (Lipinski definition) is 3. The highest BCUT2D eigenvalue weighted by molar-refractivity contribution is 4.97. The summed E-state index contributed by atoms with van der Waals surface area (Å²) >= 11 is 0. The van der Waals surface area contributed by atoms with Crippen molar-refractivity contribution in [3.63, 3.8) is 0 Å². The Bertz CT molecular complexity index is 210. The Labute approximate surface area is 93.4 Å². The second-order valence-electron chi connectivity index (χ2n) is 3.95. The zero-order valence-electron chi connectivity index (χ0n) is 10.2. The van der Waals surface area contributed by atoms with E-state index in [1.54, 1.807) is 6.20 Å². The molecule has 15 heavy (non-hydrogen) atoms. The molecule has 0 aromatic heterocycles. The summed E-state index contributed by atoms with van der Waals surface area (Å²) in [6, 6.07) is 0. The largest absolute Gasteiger partial charge is 0.465 e. The molecule has 0 unspecified atom stereocenters. The molecule has 0 aromatic carbocycles. The number of rotatable bonds is 8. The quantitative estimate of drug-likeness (QED) is 0.480. The van der Waals surface area contributed by atoms with Crippen LogP contribution in [0.1, 0.15) is 40.0 Å². The van der Waals surface area contributed by atoms with Crippen molar-refractivity contribution in [1.82, 2.24) is 5.32 Å². The van der Waals surface area contributed by atoms with Gasteiger partial charge in [0, 0.05) is 19.0 Å². The predicted molar refractivity (Wildman–Crippen MR) is 64.9 cm³/mol.